The van der Waals surface area contributed by atoms with Crippen molar-refractivity contribution in [3.8, 4) is 15.5 Å². The predicted molar refractivity (Wildman–Crippen MR) is 100.0 cm³/mol. The van der Waals surface area contributed by atoms with E-state index in [1.807, 2.05) is 30.3 Å². The Bertz CT molecular complexity index is 984. The number of thiophene rings is 2. The molecular weight excluding hydrogens is 322 g/mol. The van der Waals surface area contributed by atoms with Crippen LogP contribution in [0.3, 0.4) is 0 Å². The Labute approximate surface area is 142 Å². The van der Waals surface area contributed by atoms with Crippen LogP contribution < -0.4 is 0 Å². The van der Waals surface area contributed by atoms with Gasteiger partial charge in [-0.1, -0.05) is 24.3 Å². The Morgan fingerprint density at radius 1 is 0.870 bits per heavy atom. The van der Waals surface area contributed by atoms with Gasteiger partial charge in [0.15, 0.2) is 0 Å². The average Bonchev–Trinajstić information content (AvgIpc) is 3.25. The van der Waals surface area contributed by atoms with E-state index in [-0.39, 0.29) is 5.75 Å². The van der Waals surface area contributed by atoms with Crippen LogP contribution in [0.5, 0.6) is 5.75 Å². The molecule has 0 radical (unpaired) electrons. The summed E-state index contributed by atoms with van der Waals surface area (Å²) in [7, 11) is 0. The minimum Gasteiger partial charge on any atom is -0.506 e. The molecule has 0 atom stereocenters. The zero-order valence-corrected chi connectivity index (χ0v) is 13.8. The lowest BCUT2D eigenvalue weighted by Gasteiger charge is -2.00. The zero-order chi connectivity index (χ0) is 15.6. The molecule has 0 aliphatic rings. The number of para-hydroxylation sites is 1. The van der Waals surface area contributed by atoms with Gasteiger partial charge in [-0.25, -0.2) is 4.98 Å². The molecule has 0 unspecified atom stereocenters. The number of aromatic nitrogens is 1. The third kappa shape index (κ3) is 2.91. The largest absolute Gasteiger partial charge is 0.506 e. The number of phenols is 1. The van der Waals surface area contributed by atoms with Crippen LogP contribution in [0.1, 0.15) is 10.6 Å². The molecule has 3 heterocycles. The minimum absolute atomic E-state index is 0.217. The molecule has 4 rings (SSSR count). The van der Waals surface area contributed by atoms with Gasteiger partial charge in [-0.15, -0.1) is 22.7 Å². The molecular formula is C19H13NOS2. The van der Waals surface area contributed by atoms with Crippen molar-refractivity contribution < 1.29 is 5.11 Å². The lowest BCUT2D eigenvalue weighted by atomic mass is 10.2. The summed E-state index contributed by atoms with van der Waals surface area (Å²) in [6, 6.07) is 17.9. The monoisotopic (exact) mass is 335 g/mol. The van der Waals surface area contributed by atoms with Gasteiger partial charge in [0.25, 0.3) is 0 Å². The number of benzene rings is 1. The van der Waals surface area contributed by atoms with Gasteiger partial charge in [-0.05, 0) is 47.9 Å². The second kappa shape index (κ2) is 5.99. The summed E-state index contributed by atoms with van der Waals surface area (Å²) < 4.78 is 0. The topological polar surface area (TPSA) is 33.1 Å². The second-order valence-corrected chi connectivity index (χ2v) is 7.16. The maximum Gasteiger partial charge on any atom is 0.141 e. The molecule has 1 aromatic carbocycles. The maximum atomic E-state index is 9.91. The molecule has 3 aromatic heterocycles. The Morgan fingerprint density at radius 3 is 2.70 bits per heavy atom. The smallest absolute Gasteiger partial charge is 0.141 e. The highest BCUT2D eigenvalue weighted by molar-refractivity contribution is 7.21. The molecule has 0 saturated carbocycles. The maximum absolute atomic E-state index is 9.91. The van der Waals surface area contributed by atoms with Gasteiger partial charge < -0.3 is 5.11 Å². The Morgan fingerprint density at radius 2 is 1.83 bits per heavy atom. The predicted octanol–water partition coefficient (Wildman–Crippen LogP) is 5.90. The Balaban J connectivity index is 1.62. The quantitative estimate of drug-likeness (QED) is 0.505. The highest BCUT2D eigenvalue weighted by Gasteiger charge is 2.03. The van der Waals surface area contributed by atoms with Crippen molar-refractivity contribution in [2.75, 3.05) is 0 Å². The van der Waals surface area contributed by atoms with E-state index in [2.05, 4.69) is 40.7 Å². The van der Waals surface area contributed by atoms with Crippen LogP contribution in [-0.2, 0) is 0 Å². The van der Waals surface area contributed by atoms with Crippen molar-refractivity contribution in [3.05, 3.63) is 70.5 Å². The van der Waals surface area contributed by atoms with E-state index >= 15 is 0 Å². The summed E-state index contributed by atoms with van der Waals surface area (Å²) in [5.74, 6) is 0.217. The van der Waals surface area contributed by atoms with E-state index in [1.165, 1.54) is 14.6 Å². The van der Waals surface area contributed by atoms with E-state index in [0.717, 1.165) is 11.1 Å². The van der Waals surface area contributed by atoms with Crippen molar-refractivity contribution in [2.24, 2.45) is 0 Å². The number of pyridine rings is 1. The number of hydrogen-bond acceptors (Lipinski definition) is 4. The van der Waals surface area contributed by atoms with E-state index in [1.54, 1.807) is 28.7 Å². The average molecular weight is 335 g/mol. The van der Waals surface area contributed by atoms with Crippen LogP contribution in [0.15, 0.2) is 60.0 Å². The molecule has 0 amide bonds. The van der Waals surface area contributed by atoms with Gasteiger partial charge in [0.2, 0.25) is 0 Å². The van der Waals surface area contributed by atoms with Crippen molar-refractivity contribution >= 4 is 45.7 Å². The lowest BCUT2D eigenvalue weighted by molar-refractivity contribution is 0.480. The van der Waals surface area contributed by atoms with E-state index < -0.39 is 0 Å². The standard InChI is InChI=1S/C19H13NOS2/c21-16-4-1-3-13-6-7-14(20-19(13)16)8-9-15-10-11-18(23-15)17-5-2-12-22-17/h1-12,21H/b9-8+. The molecule has 1 N–H and O–H groups in total. The molecule has 112 valence electrons. The first-order valence-electron chi connectivity index (χ1n) is 7.20. The number of hydrogen-bond donors (Lipinski definition) is 1. The van der Waals surface area contributed by atoms with Crippen molar-refractivity contribution in [1.29, 1.82) is 0 Å². The zero-order valence-electron chi connectivity index (χ0n) is 12.1. The molecule has 0 fully saturated rings. The van der Waals surface area contributed by atoms with Crippen molar-refractivity contribution in [1.82, 2.24) is 4.98 Å². The fourth-order valence-corrected chi connectivity index (χ4v) is 4.15. The first-order chi connectivity index (χ1) is 11.3. The molecule has 2 nitrogen and oxygen atoms in total. The van der Waals surface area contributed by atoms with Gasteiger partial charge in [0, 0.05) is 20.0 Å². The Hall–Kier alpha value is -2.43. The number of fused-ring (bicyclic) bond motifs is 1. The summed E-state index contributed by atoms with van der Waals surface area (Å²) in [6.07, 6.45) is 4.05. The Kier molecular flexibility index (Phi) is 3.69. The van der Waals surface area contributed by atoms with Gasteiger partial charge in [-0.2, -0.15) is 0 Å². The van der Waals surface area contributed by atoms with Crippen LogP contribution in [0.4, 0.5) is 0 Å². The highest BCUT2D eigenvalue weighted by atomic mass is 32.1. The highest BCUT2D eigenvalue weighted by Crippen LogP contribution is 2.32. The fourth-order valence-electron chi connectivity index (χ4n) is 2.40. The molecule has 0 aliphatic carbocycles. The number of rotatable bonds is 3. The van der Waals surface area contributed by atoms with E-state index in [9.17, 15) is 5.11 Å². The molecule has 4 heteroatoms. The normalized spacial score (nSPS) is 11.5. The van der Waals surface area contributed by atoms with Crippen molar-refractivity contribution in [3.63, 3.8) is 0 Å². The van der Waals surface area contributed by atoms with E-state index in [0.29, 0.717) is 5.52 Å². The van der Waals surface area contributed by atoms with Crippen molar-refractivity contribution in [2.45, 2.75) is 0 Å². The molecule has 0 spiro atoms. The fraction of sp³-hybridized carbons (Fsp3) is 0. The lowest BCUT2D eigenvalue weighted by Crippen LogP contribution is -1.83. The second-order valence-electron chi connectivity index (χ2n) is 5.10. The summed E-state index contributed by atoms with van der Waals surface area (Å²) >= 11 is 3.52. The molecule has 0 bridgehead atoms. The van der Waals surface area contributed by atoms with Crippen LogP contribution in [0.25, 0.3) is 32.8 Å². The summed E-state index contributed by atoms with van der Waals surface area (Å²) in [4.78, 5) is 8.28. The summed E-state index contributed by atoms with van der Waals surface area (Å²) in [5, 5.41) is 12.9. The van der Waals surface area contributed by atoms with Gasteiger partial charge in [0.05, 0.1) is 5.69 Å². The molecule has 0 saturated heterocycles. The van der Waals surface area contributed by atoms with Gasteiger partial charge >= 0.3 is 0 Å². The van der Waals surface area contributed by atoms with Crippen LogP contribution in [-0.4, -0.2) is 10.1 Å². The van der Waals surface area contributed by atoms with Gasteiger partial charge in [0.1, 0.15) is 11.3 Å². The minimum atomic E-state index is 0.217. The SMILES string of the molecule is Oc1cccc2ccc(/C=C/c3ccc(-c4cccs4)s3)nc12. The third-order valence-corrected chi connectivity index (χ3v) is 5.65. The third-order valence-electron chi connectivity index (χ3n) is 3.53. The molecule has 23 heavy (non-hydrogen) atoms. The van der Waals surface area contributed by atoms with Crippen LogP contribution >= 0.6 is 22.7 Å². The molecule has 0 aliphatic heterocycles. The summed E-state index contributed by atoms with van der Waals surface area (Å²) in [6.45, 7) is 0. The number of aromatic hydroxyl groups is 1. The van der Waals surface area contributed by atoms with Gasteiger partial charge in [-0.3, -0.25) is 0 Å². The van der Waals surface area contributed by atoms with Crippen LogP contribution in [0.2, 0.25) is 0 Å². The molecule has 4 aromatic rings. The number of phenolic OH excluding ortho intramolecular Hbond substituents is 1. The van der Waals surface area contributed by atoms with Crippen LogP contribution in [0, 0.1) is 0 Å². The summed E-state index contributed by atoms with van der Waals surface area (Å²) in [5.41, 5.74) is 1.48. The first kappa shape index (κ1) is 14.2. The first-order valence-corrected chi connectivity index (χ1v) is 8.90. The number of nitrogens with zero attached hydrogens (tertiary/aromatic N) is 1. The van der Waals surface area contributed by atoms with E-state index in [4.69, 9.17) is 0 Å².